The zero-order chi connectivity index (χ0) is 71.9. The van der Waals surface area contributed by atoms with E-state index < -0.39 is 44.6 Å². The van der Waals surface area contributed by atoms with Crippen LogP contribution in [0, 0.1) is 0 Å². The summed E-state index contributed by atoms with van der Waals surface area (Å²) in [7, 11) is 0. The second-order valence-corrected chi connectivity index (χ2v) is 35.7. The van der Waals surface area contributed by atoms with Crippen LogP contribution in [0.2, 0.25) is 0 Å². The van der Waals surface area contributed by atoms with Gasteiger partial charge in [-0.3, -0.25) is 0 Å². The zero-order valence-corrected chi connectivity index (χ0v) is 63.7. The summed E-state index contributed by atoms with van der Waals surface area (Å²) in [4.78, 5) is 36.8. The van der Waals surface area contributed by atoms with Crippen molar-refractivity contribution in [2.45, 2.75) is 77.0 Å². The molecule has 2 N–H and O–H groups in total. The fraction of sp³-hybridized carbons (Fsp3) is 0.130. The van der Waals surface area contributed by atoms with E-state index in [1.807, 2.05) is 146 Å². The van der Waals surface area contributed by atoms with Crippen molar-refractivity contribution in [1.82, 2.24) is 39.9 Å². The van der Waals surface area contributed by atoms with Crippen molar-refractivity contribution in [2.24, 2.45) is 0 Å². The fourth-order valence-electron chi connectivity index (χ4n) is 14.6. The van der Waals surface area contributed by atoms with Crippen molar-refractivity contribution in [3.05, 3.63) is 360 Å². The number of H-pyrrole nitrogens is 2. The maximum absolute atomic E-state index is 7.73. The van der Waals surface area contributed by atoms with Crippen molar-refractivity contribution in [3.63, 3.8) is 0 Å². The van der Waals surface area contributed by atoms with Crippen LogP contribution >= 0.6 is 0 Å². The Balaban J connectivity index is 0.000000179. The fourth-order valence-corrected chi connectivity index (χ4v) is 22.5. The summed E-state index contributed by atoms with van der Waals surface area (Å²) >= 11 is -6.01. The van der Waals surface area contributed by atoms with Gasteiger partial charge >= 0.3 is 397 Å². The van der Waals surface area contributed by atoms with E-state index in [0.717, 1.165) is 88.3 Å². The predicted molar refractivity (Wildman–Crippen MR) is 424 cm³/mol. The van der Waals surface area contributed by atoms with Crippen LogP contribution in [0.15, 0.2) is 315 Å². The maximum atomic E-state index is 7.73. The van der Waals surface area contributed by atoms with Gasteiger partial charge in [-0.2, -0.15) is 0 Å². The van der Waals surface area contributed by atoms with E-state index in [1.54, 1.807) is 0 Å². The number of rotatable bonds is 16. The number of nitrogens with one attached hydrogen (secondary N) is 2. The molecule has 0 fully saturated rings. The molecule has 0 aliphatic carbocycles. The van der Waals surface area contributed by atoms with E-state index in [4.69, 9.17) is 40.7 Å². The molecule has 12 aromatic carbocycles. The van der Waals surface area contributed by atoms with Crippen molar-refractivity contribution in [1.29, 1.82) is 0 Å². The molecule has 0 amide bonds. The van der Waals surface area contributed by atoms with Gasteiger partial charge in [0, 0.05) is 43.8 Å². The summed E-state index contributed by atoms with van der Waals surface area (Å²) in [6.45, 7) is 17.9. The minimum Gasteiger partial charge on any atom is -0.324 e. The molecular formula is C92H78N8O4Pb. The predicted octanol–water partition coefficient (Wildman–Crippen LogP) is 21.9. The van der Waals surface area contributed by atoms with Gasteiger partial charge < -0.3 is 9.97 Å². The van der Waals surface area contributed by atoms with Crippen LogP contribution in [0.25, 0.3) is 89.7 Å². The van der Waals surface area contributed by atoms with Crippen molar-refractivity contribution in [2.75, 3.05) is 0 Å². The molecule has 17 rings (SSSR count). The average molecular weight is 1570 g/mol. The molecule has 8 bridgehead atoms. The molecule has 3 aromatic heterocycles. The molecule has 0 saturated carbocycles. The van der Waals surface area contributed by atoms with Crippen LogP contribution in [0.4, 0.5) is 0 Å². The van der Waals surface area contributed by atoms with Crippen LogP contribution in [0.3, 0.4) is 0 Å². The summed E-state index contributed by atoms with van der Waals surface area (Å²) < 4.78 is 30.9. The molecule has 5 heterocycles. The molecule has 514 valence electrons. The van der Waals surface area contributed by atoms with E-state index >= 15 is 0 Å². The number of benzene rings is 12. The third-order valence-corrected chi connectivity index (χ3v) is 27.9. The number of hydrogen-bond acceptors (Lipinski definition) is 10. The quantitative estimate of drug-likeness (QED) is 0.0897. The van der Waals surface area contributed by atoms with Crippen molar-refractivity contribution in [3.8, 4) is 68.5 Å². The van der Waals surface area contributed by atoms with E-state index in [-0.39, 0.29) is 0 Å². The summed E-state index contributed by atoms with van der Waals surface area (Å²) in [5, 5.41) is 3.82. The number of para-hydroxylation sites is 4. The Bertz CT molecular complexity index is 5190. The normalized spacial score (nSPS) is 12.2. The monoisotopic (exact) mass is 1570 g/mol. The van der Waals surface area contributed by atoms with Gasteiger partial charge in [0.05, 0.1) is 0 Å². The van der Waals surface area contributed by atoms with Crippen LogP contribution in [0.1, 0.15) is 99.9 Å². The van der Waals surface area contributed by atoms with Crippen LogP contribution in [-0.2, 0) is 21.7 Å². The molecule has 2 aliphatic heterocycles. The van der Waals surface area contributed by atoms with E-state index in [0.29, 0.717) is 68.9 Å². The molecule has 0 radical (unpaired) electrons. The molecule has 15 aromatic rings. The first-order valence-electron chi connectivity index (χ1n) is 35.6. The summed E-state index contributed by atoms with van der Waals surface area (Å²) in [6, 6.07) is 108. The van der Waals surface area contributed by atoms with Crippen LogP contribution in [0.5, 0.6) is 23.0 Å². The molecule has 0 spiro atoms. The Morgan fingerprint density at radius 2 is 0.410 bits per heavy atom. The van der Waals surface area contributed by atoms with Gasteiger partial charge in [-0.25, -0.2) is 29.9 Å². The van der Waals surface area contributed by atoms with Gasteiger partial charge in [-0.1, -0.05) is 97.1 Å². The second kappa shape index (κ2) is 27.7. The van der Waals surface area contributed by atoms with Gasteiger partial charge in [0.1, 0.15) is 22.6 Å². The molecule has 0 unspecified atom stereocenters. The maximum Gasteiger partial charge on any atom is 0.164 e. The van der Waals surface area contributed by atoms with E-state index in [9.17, 15) is 0 Å². The van der Waals surface area contributed by atoms with Gasteiger partial charge in [0.2, 0.25) is 0 Å². The second-order valence-electron chi connectivity index (χ2n) is 28.6. The largest absolute Gasteiger partial charge is 0.324 e. The summed E-state index contributed by atoms with van der Waals surface area (Å²) in [5.41, 5.74) is 13.1. The first kappa shape index (κ1) is 67.6. The zero-order valence-electron chi connectivity index (χ0n) is 59.8. The topological polar surface area (TPSA) is 146 Å². The Hall–Kier alpha value is -11.9. The summed E-state index contributed by atoms with van der Waals surface area (Å²) in [6.07, 6.45) is 0. The molecule has 2 aliphatic rings. The first-order chi connectivity index (χ1) is 51.0. The molecule has 0 saturated heterocycles. The van der Waals surface area contributed by atoms with Gasteiger partial charge in [-0.05, 0) is 0 Å². The van der Waals surface area contributed by atoms with E-state index in [2.05, 4.69) is 235 Å². The van der Waals surface area contributed by atoms with Crippen LogP contribution in [-0.4, -0.2) is 62.9 Å². The first-order valence-corrected chi connectivity index (χ1v) is 41.9. The molecule has 0 atom stereocenters. The Labute approximate surface area is 618 Å². The number of aromatic nitrogens is 8. The van der Waals surface area contributed by atoms with Gasteiger partial charge in [0.15, 0.2) is 23.3 Å². The Morgan fingerprint density at radius 1 is 0.219 bits per heavy atom. The third kappa shape index (κ3) is 13.0. The van der Waals surface area contributed by atoms with Gasteiger partial charge in [-0.15, -0.1) is 0 Å². The summed E-state index contributed by atoms with van der Waals surface area (Å²) in [5.74, 6) is 4.95. The number of hydrogen-bond donors (Lipinski definition) is 2. The number of nitrogens with zero attached hydrogens (tertiary/aromatic N) is 6. The van der Waals surface area contributed by atoms with Crippen molar-refractivity contribution < 1.29 is 10.7 Å². The number of aromatic amines is 2. The standard InChI is InChI=1S/C32H18N8.4C15H16O.Pb/c1-2-10-18-17(9-1)25-33-26(18)38-28-21-13-5-6-14-22(21)30(35-28)40-32-24-16-8-7-15-23(24)31(36-32)39-29-20-12-4-3-11-19(20)27(34-29)37-25;4*1-15(2,12-8-4-3-5-9-12)13-10-6-7-11-14(13)16;/h1-16H,(H2,33,34,35,36,37,38,39,40);4*3-11,16H,1-2H3;/q;;;;;+4/p-4. The minimum atomic E-state index is -6.01. The smallest absolute Gasteiger partial charge is 0.164 e. The SMILES string of the molecule is CC(C)(c1ccccc1)c1ccccc1[O][Pb]([O]c1ccccc1C(C)(C)c1ccccc1)([O]c1ccccc1C(C)(C)c1ccccc1)[O]c1ccccc1C(C)(C)c1ccccc1.c1ccc2c(c1)-c1nc-2nc2[nH]c(nc3nc(nc4[nH]c(n1)c1ccccc41)-c1ccccc1-3)c1ccccc21. The Kier molecular flexibility index (Phi) is 17.8. The number of fused-ring (bicyclic) bond motifs is 20. The van der Waals surface area contributed by atoms with Gasteiger partial charge in [0.25, 0.3) is 0 Å². The average Bonchev–Trinajstić information content (AvgIpc) is 1.23. The molecular weight excluding hydrogens is 1490 g/mol. The van der Waals surface area contributed by atoms with E-state index in [1.165, 1.54) is 0 Å². The third-order valence-electron chi connectivity index (χ3n) is 20.6. The molecule has 13 heteroatoms. The molecule has 105 heavy (non-hydrogen) atoms. The minimum absolute atomic E-state index is 0.467. The Morgan fingerprint density at radius 3 is 0.638 bits per heavy atom. The molecule has 12 nitrogen and oxygen atoms in total. The van der Waals surface area contributed by atoms with Crippen molar-refractivity contribution >= 4 is 67.1 Å². The van der Waals surface area contributed by atoms with Crippen LogP contribution < -0.4 is 10.7 Å².